The Morgan fingerprint density at radius 2 is 1.89 bits per heavy atom. The number of halogens is 1. The fourth-order valence-electron chi connectivity index (χ4n) is 1.53. The Hall–Kier alpha value is -1.69. The van der Waals surface area contributed by atoms with E-state index in [0.29, 0.717) is 5.56 Å². The van der Waals surface area contributed by atoms with E-state index in [4.69, 9.17) is 0 Å². The van der Waals surface area contributed by atoms with E-state index in [1.807, 2.05) is 6.07 Å². The van der Waals surface area contributed by atoms with Crippen LogP contribution in [0.4, 0.5) is 5.69 Å². The van der Waals surface area contributed by atoms with Gasteiger partial charge in [0.05, 0.1) is 9.26 Å². The maximum Gasteiger partial charge on any atom is 0.159 e. The highest BCUT2D eigenvalue weighted by molar-refractivity contribution is 14.1. The van der Waals surface area contributed by atoms with Crippen molar-refractivity contribution in [1.29, 1.82) is 0 Å². The number of hydrogen-bond donors (Lipinski definition) is 1. The zero-order valence-electron chi connectivity index (χ0n) is 10.3. The molecule has 0 fully saturated rings. The summed E-state index contributed by atoms with van der Waals surface area (Å²) < 4.78 is 0.786. The molecule has 0 aliphatic rings. The zero-order valence-corrected chi connectivity index (χ0v) is 12.5. The summed E-state index contributed by atoms with van der Waals surface area (Å²) in [4.78, 5) is 15.5. The molecule has 0 aliphatic heterocycles. The van der Waals surface area contributed by atoms with Gasteiger partial charge in [-0.05, 0) is 77.5 Å². The standard InChI is InChI=1S/C15H12INO2/c1-10(18)12-3-5-13(6-4-12)17-9-11-2-7-15(19)14(16)8-11/h2-9,19H,1H3. The fraction of sp³-hybridized carbons (Fsp3) is 0.0667. The number of nitrogens with zero attached hydrogens (tertiary/aromatic N) is 1. The first-order chi connectivity index (χ1) is 9.06. The molecule has 4 heteroatoms. The second-order valence-electron chi connectivity index (χ2n) is 4.07. The first-order valence-corrected chi connectivity index (χ1v) is 6.78. The minimum atomic E-state index is 0.0450. The molecule has 2 rings (SSSR count). The van der Waals surface area contributed by atoms with Crippen LogP contribution in [0.2, 0.25) is 0 Å². The highest BCUT2D eigenvalue weighted by Gasteiger charge is 1.99. The Bertz CT molecular complexity index is 633. The molecule has 19 heavy (non-hydrogen) atoms. The van der Waals surface area contributed by atoms with Crippen molar-refractivity contribution in [1.82, 2.24) is 0 Å². The van der Waals surface area contributed by atoms with Crippen LogP contribution in [0.25, 0.3) is 0 Å². The first-order valence-electron chi connectivity index (χ1n) is 5.70. The van der Waals surface area contributed by atoms with E-state index in [1.54, 1.807) is 42.6 Å². The van der Waals surface area contributed by atoms with Crippen molar-refractivity contribution in [3.05, 3.63) is 57.2 Å². The van der Waals surface area contributed by atoms with Crippen molar-refractivity contribution >= 4 is 40.3 Å². The van der Waals surface area contributed by atoms with Gasteiger partial charge in [-0.15, -0.1) is 0 Å². The summed E-state index contributed by atoms with van der Waals surface area (Å²) in [6.07, 6.45) is 1.73. The highest BCUT2D eigenvalue weighted by Crippen LogP contribution is 2.20. The molecule has 3 nitrogen and oxygen atoms in total. The summed E-state index contributed by atoms with van der Waals surface area (Å²) in [5.41, 5.74) is 2.38. The average Bonchev–Trinajstić information content (AvgIpc) is 2.40. The minimum Gasteiger partial charge on any atom is -0.507 e. The van der Waals surface area contributed by atoms with Gasteiger partial charge in [0.2, 0.25) is 0 Å². The van der Waals surface area contributed by atoms with Crippen LogP contribution in [0.15, 0.2) is 47.5 Å². The average molecular weight is 365 g/mol. The molecule has 0 aromatic heterocycles. The molecule has 96 valence electrons. The number of phenols is 1. The van der Waals surface area contributed by atoms with Gasteiger partial charge < -0.3 is 5.11 Å². The van der Waals surface area contributed by atoms with Crippen LogP contribution in [0.3, 0.4) is 0 Å². The Labute approximate surface area is 125 Å². The van der Waals surface area contributed by atoms with Crippen LogP contribution in [0.5, 0.6) is 5.75 Å². The van der Waals surface area contributed by atoms with Crippen molar-refractivity contribution in [3.8, 4) is 5.75 Å². The molecule has 0 saturated heterocycles. The van der Waals surface area contributed by atoms with Crippen molar-refractivity contribution < 1.29 is 9.90 Å². The number of aromatic hydroxyl groups is 1. The highest BCUT2D eigenvalue weighted by atomic mass is 127. The summed E-state index contributed by atoms with van der Waals surface area (Å²) in [7, 11) is 0. The van der Waals surface area contributed by atoms with Crippen LogP contribution in [-0.4, -0.2) is 17.1 Å². The van der Waals surface area contributed by atoms with E-state index in [0.717, 1.165) is 14.8 Å². The second kappa shape index (κ2) is 5.97. The van der Waals surface area contributed by atoms with Gasteiger partial charge in [-0.25, -0.2) is 0 Å². The first kappa shape index (κ1) is 13.7. The Morgan fingerprint density at radius 1 is 1.21 bits per heavy atom. The van der Waals surface area contributed by atoms with Crippen molar-refractivity contribution in [2.45, 2.75) is 6.92 Å². The predicted octanol–water partition coefficient (Wildman–Crippen LogP) is 3.95. The summed E-state index contributed by atoms with van der Waals surface area (Å²) >= 11 is 2.07. The molecule has 2 aromatic rings. The molecular weight excluding hydrogens is 353 g/mol. The van der Waals surface area contributed by atoms with Gasteiger partial charge in [-0.1, -0.05) is 0 Å². The molecule has 0 atom stereocenters. The van der Waals surface area contributed by atoms with Crippen molar-refractivity contribution in [2.24, 2.45) is 4.99 Å². The van der Waals surface area contributed by atoms with E-state index in [2.05, 4.69) is 27.6 Å². The quantitative estimate of drug-likeness (QED) is 0.509. The van der Waals surface area contributed by atoms with Gasteiger partial charge in [0, 0.05) is 11.8 Å². The number of rotatable bonds is 3. The molecule has 2 aromatic carbocycles. The third-order valence-corrected chi connectivity index (χ3v) is 3.47. The molecule has 0 radical (unpaired) electrons. The van der Waals surface area contributed by atoms with Crippen LogP contribution in [-0.2, 0) is 0 Å². The van der Waals surface area contributed by atoms with E-state index in [1.165, 1.54) is 6.92 Å². The lowest BCUT2D eigenvalue weighted by Crippen LogP contribution is -1.89. The maximum absolute atomic E-state index is 11.1. The van der Waals surface area contributed by atoms with E-state index < -0.39 is 0 Å². The normalized spacial score (nSPS) is 10.8. The Kier molecular flexibility index (Phi) is 4.31. The summed E-state index contributed by atoms with van der Waals surface area (Å²) in [6, 6.07) is 12.4. The summed E-state index contributed by atoms with van der Waals surface area (Å²) in [5, 5.41) is 9.43. The summed E-state index contributed by atoms with van der Waals surface area (Å²) in [6.45, 7) is 1.54. The Balaban J connectivity index is 2.17. The molecule has 0 heterocycles. The topological polar surface area (TPSA) is 49.7 Å². The molecule has 1 N–H and O–H groups in total. The molecule has 0 bridgehead atoms. The van der Waals surface area contributed by atoms with Crippen LogP contribution in [0.1, 0.15) is 22.8 Å². The smallest absolute Gasteiger partial charge is 0.159 e. The van der Waals surface area contributed by atoms with Crippen molar-refractivity contribution in [3.63, 3.8) is 0 Å². The lowest BCUT2D eigenvalue weighted by Gasteiger charge is -1.99. The monoisotopic (exact) mass is 365 g/mol. The maximum atomic E-state index is 11.1. The number of carbonyl (C=O) groups is 1. The van der Waals surface area contributed by atoms with Gasteiger partial charge in [0.15, 0.2) is 5.78 Å². The number of phenolic OH excluding ortho intramolecular Hbond substituents is 1. The number of Topliss-reactive ketones (excluding diaryl/α,β-unsaturated/α-hetero) is 1. The Morgan fingerprint density at radius 3 is 2.47 bits per heavy atom. The van der Waals surface area contributed by atoms with Crippen LogP contribution in [0, 0.1) is 3.57 Å². The minimum absolute atomic E-state index is 0.0450. The molecule has 0 unspecified atom stereocenters. The number of benzene rings is 2. The molecular formula is C15H12INO2. The zero-order chi connectivity index (χ0) is 13.8. The van der Waals surface area contributed by atoms with E-state index >= 15 is 0 Å². The van der Waals surface area contributed by atoms with Gasteiger partial charge in [0.25, 0.3) is 0 Å². The van der Waals surface area contributed by atoms with Crippen LogP contribution >= 0.6 is 22.6 Å². The van der Waals surface area contributed by atoms with Gasteiger partial charge in [-0.3, -0.25) is 9.79 Å². The largest absolute Gasteiger partial charge is 0.507 e. The lowest BCUT2D eigenvalue weighted by atomic mass is 10.1. The van der Waals surface area contributed by atoms with Gasteiger partial charge in [0.1, 0.15) is 5.75 Å². The van der Waals surface area contributed by atoms with Crippen LogP contribution < -0.4 is 0 Å². The third-order valence-electron chi connectivity index (χ3n) is 2.61. The third kappa shape index (κ3) is 3.64. The van der Waals surface area contributed by atoms with Gasteiger partial charge >= 0.3 is 0 Å². The van der Waals surface area contributed by atoms with E-state index in [-0.39, 0.29) is 11.5 Å². The number of carbonyl (C=O) groups excluding carboxylic acids is 1. The molecule has 0 saturated carbocycles. The molecule has 0 spiro atoms. The van der Waals surface area contributed by atoms with Crippen molar-refractivity contribution in [2.75, 3.05) is 0 Å². The number of hydrogen-bond acceptors (Lipinski definition) is 3. The number of aliphatic imine (C=N–C) groups is 1. The lowest BCUT2D eigenvalue weighted by molar-refractivity contribution is 0.101. The molecule has 0 aliphatic carbocycles. The van der Waals surface area contributed by atoms with Gasteiger partial charge in [-0.2, -0.15) is 0 Å². The number of ketones is 1. The fourth-order valence-corrected chi connectivity index (χ4v) is 2.07. The SMILES string of the molecule is CC(=O)c1ccc(N=Cc2ccc(O)c(I)c2)cc1. The second-order valence-corrected chi connectivity index (χ2v) is 5.23. The molecule has 0 amide bonds. The predicted molar refractivity (Wildman–Crippen MR) is 84.5 cm³/mol. The van der Waals surface area contributed by atoms with E-state index in [9.17, 15) is 9.90 Å². The summed E-state index contributed by atoms with van der Waals surface area (Å²) in [5.74, 6) is 0.312.